The van der Waals surface area contributed by atoms with Gasteiger partial charge in [-0.1, -0.05) is 12.1 Å². The predicted octanol–water partition coefficient (Wildman–Crippen LogP) is 2.79. The number of nitrogens with zero attached hydrogens (tertiary/aromatic N) is 2. The lowest BCUT2D eigenvalue weighted by Gasteiger charge is -2.16. The number of nitrogens with two attached hydrogens (primary N) is 1. The zero-order chi connectivity index (χ0) is 19.2. The van der Waals surface area contributed by atoms with Crippen molar-refractivity contribution < 1.29 is 23.5 Å². The van der Waals surface area contributed by atoms with Gasteiger partial charge in [-0.15, -0.1) is 0 Å². The van der Waals surface area contributed by atoms with E-state index in [2.05, 4.69) is 9.97 Å². The average molecular weight is 367 g/mol. The number of amides is 1. The first-order chi connectivity index (χ1) is 13.0. The number of primary amides is 1. The largest absolute Gasteiger partial charge is 0.444 e. The fourth-order valence-electron chi connectivity index (χ4n) is 2.25. The number of carbonyl (C=O) groups excluding carboxylic acids is 2. The van der Waals surface area contributed by atoms with Gasteiger partial charge in [-0.3, -0.25) is 9.78 Å². The molecule has 8 heteroatoms. The van der Waals surface area contributed by atoms with Crippen LogP contribution >= 0.6 is 0 Å². The Morgan fingerprint density at radius 3 is 2.44 bits per heavy atom. The lowest BCUT2D eigenvalue weighted by atomic mass is 10.1. The van der Waals surface area contributed by atoms with E-state index in [9.17, 15) is 14.0 Å². The summed E-state index contributed by atoms with van der Waals surface area (Å²) in [7, 11) is 0. The van der Waals surface area contributed by atoms with E-state index in [1.807, 2.05) is 0 Å². The van der Waals surface area contributed by atoms with Gasteiger partial charge >= 0.3 is 5.97 Å². The molecule has 2 N–H and O–H groups in total. The molecule has 3 rings (SSSR count). The summed E-state index contributed by atoms with van der Waals surface area (Å²) in [6.07, 6.45) is 3.08. The second-order valence-corrected chi connectivity index (χ2v) is 5.39. The van der Waals surface area contributed by atoms with Crippen LogP contribution in [0.4, 0.5) is 4.39 Å². The highest BCUT2D eigenvalue weighted by atomic mass is 19.1. The molecule has 1 amide bonds. The summed E-state index contributed by atoms with van der Waals surface area (Å²) in [5.41, 5.74) is 5.57. The van der Waals surface area contributed by atoms with Crippen molar-refractivity contribution in [2.24, 2.45) is 5.73 Å². The molecule has 136 valence electrons. The van der Waals surface area contributed by atoms with Crippen LogP contribution in [-0.2, 0) is 9.53 Å². The van der Waals surface area contributed by atoms with E-state index < -0.39 is 23.8 Å². The summed E-state index contributed by atoms with van der Waals surface area (Å²) in [5, 5.41) is 0. The minimum Gasteiger partial charge on any atom is -0.444 e. The molecule has 2 aromatic heterocycles. The summed E-state index contributed by atoms with van der Waals surface area (Å²) in [6, 6.07) is 11.2. The van der Waals surface area contributed by atoms with Gasteiger partial charge in [-0.2, -0.15) is 0 Å². The van der Waals surface area contributed by atoms with Crippen LogP contribution in [0.15, 0.2) is 67.1 Å². The molecule has 0 aliphatic rings. The van der Waals surface area contributed by atoms with E-state index in [1.165, 1.54) is 36.7 Å². The number of pyridine rings is 2. The first-order valence-electron chi connectivity index (χ1n) is 7.83. The fourth-order valence-corrected chi connectivity index (χ4v) is 2.25. The van der Waals surface area contributed by atoms with E-state index >= 15 is 0 Å². The van der Waals surface area contributed by atoms with Crippen molar-refractivity contribution in [2.75, 3.05) is 0 Å². The lowest BCUT2D eigenvalue weighted by Crippen LogP contribution is -2.26. The highest BCUT2D eigenvalue weighted by Crippen LogP contribution is 2.25. The second kappa shape index (κ2) is 8.05. The van der Waals surface area contributed by atoms with Crippen molar-refractivity contribution in [3.8, 4) is 11.6 Å². The van der Waals surface area contributed by atoms with E-state index in [0.29, 0.717) is 5.75 Å². The van der Waals surface area contributed by atoms with E-state index in [4.69, 9.17) is 15.2 Å². The highest BCUT2D eigenvalue weighted by molar-refractivity contribution is 5.94. The normalized spacial score (nSPS) is 11.4. The van der Waals surface area contributed by atoms with Crippen molar-refractivity contribution in [2.45, 2.75) is 6.10 Å². The Morgan fingerprint density at radius 1 is 1.04 bits per heavy atom. The van der Waals surface area contributed by atoms with E-state index in [-0.39, 0.29) is 17.0 Å². The number of ether oxygens (including phenoxy) is 2. The van der Waals surface area contributed by atoms with Crippen molar-refractivity contribution in [3.05, 3.63) is 84.1 Å². The summed E-state index contributed by atoms with van der Waals surface area (Å²) >= 11 is 0. The van der Waals surface area contributed by atoms with Gasteiger partial charge in [0.2, 0.25) is 12.0 Å². The van der Waals surface area contributed by atoms with Crippen LogP contribution in [0.3, 0.4) is 0 Å². The molecule has 1 aromatic carbocycles. The molecule has 0 aliphatic carbocycles. The third kappa shape index (κ3) is 4.43. The third-order valence-corrected chi connectivity index (χ3v) is 3.50. The molecule has 0 spiro atoms. The minimum absolute atomic E-state index is 0.00489. The lowest BCUT2D eigenvalue weighted by molar-refractivity contribution is -0.127. The molecule has 0 fully saturated rings. The van der Waals surface area contributed by atoms with Crippen molar-refractivity contribution >= 4 is 11.9 Å². The molecule has 0 aliphatic heterocycles. The quantitative estimate of drug-likeness (QED) is 0.672. The van der Waals surface area contributed by atoms with Crippen LogP contribution in [0.25, 0.3) is 0 Å². The second-order valence-electron chi connectivity index (χ2n) is 5.39. The summed E-state index contributed by atoms with van der Waals surface area (Å²) in [5.74, 6) is -1.90. The zero-order valence-electron chi connectivity index (χ0n) is 13.9. The van der Waals surface area contributed by atoms with Gasteiger partial charge in [-0.25, -0.2) is 14.2 Å². The number of hydrogen-bond donors (Lipinski definition) is 1. The molecule has 0 radical (unpaired) electrons. The van der Waals surface area contributed by atoms with E-state index in [1.54, 1.807) is 18.3 Å². The number of halogens is 1. The molecule has 0 saturated carbocycles. The first kappa shape index (κ1) is 18.0. The summed E-state index contributed by atoms with van der Waals surface area (Å²) < 4.78 is 23.9. The van der Waals surface area contributed by atoms with E-state index in [0.717, 1.165) is 12.1 Å². The van der Waals surface area contributed by atoms with Gasteiger partial charge < -0.3 is 15.2 Å². The SMILES string of the molecule is NC(=O)C(OC(=O)c1cccnc1Oc1cccnc1)c1ccc(F)cc1. The summed E-state index contributed by atoms with van der Waals surface area (Å²) in [6.45, 7) is 0. The maximum atomic E-state index is 13.1. The van der Waals surface area contributed by atoms with Gasteiger partial charge in [-0.05, 0) is 36.4 Å². The zero-order valence-corrected chi connectivity index (χ0v) is 13.9. The van der Waals surface area contributed by atoms with Crippen LogP contribution in [0.2, 0.25) is 0 Å². The fraction of sp³-hybridized carbons (Fsp3) is 0.0526. The van der Waals surface area contributed by atoms with Gasteiger partial charge in [0.05, 0.1) is 6.20 Å². The Labute approximate surface area is 153 Å². The molecule has 0 bridgehead atoms. The molecule has 1 atom stereocenters. The number of esters is 1. The van der Waals surface area contributed by atoms with Crippen LogP contribution in [0.1, 0.15) is 22.0 Å². The number of carbonyl (C=O) groups is 2. The van der Waals surface area contributed by atoms with Crippen molar-refractivity contribution in [1.29, 1.82) is 0 Å². The number of aromatic nitrogens is 2. The monoisotopic (exact) mass is 367 g/mol. The Hall–Kier alpha value is -3.81. The van der Waals surface area contributed by atoms with Gasteiger partial charge in [0.15, 0.2) is 0 Å². The van der Waals surface area contributed by atoms with Gasteiger partial charge in [0.1, 0.15) is 17.1 Å². The summed E-state index contributed by atoms with van der Waals surface area (Å²) in [4.78, 5) is 32.2. The maximum Gasteiger partial charge on any atom is 0.344 e. The first-order valence-corrected chi connectivity index (χ1v) is 7.83. The molecular weight excluding hydrogens is 353 g/mol. The van der Waals surface area contributed by atoms with Gasteiger partial charge in [0, 0.05) is 18.0 Å². The Bertz CT molecular complexity index is 949. The van der Waals surface area contributed by atoms with Crippen LogP contribution in [0.5, 0.6) is 11.6 Å². The third-order valence-electron chi connectivity index (χ3n) is 3.50. The molecule has 3 aromatic rings. The van der Waals surface area contributed by atoms with Crippen LogP contribution in [-0.4, -0.2) is 21.8 Å². The number of benzene rings is 1. The van der Waals surface area contributed by atoms with Crippen LogP contribution < -0.4 is 10.5 Å². The molecule has 7 nitrogen and oxygen atoms in total. The standard InChI is InChI=1S/C19H14FN3O4/c20-13-7-5-12(6-8-13)16(17(21)24)27-19(25)15-4-2-10-23-18(15)26-14-3-1-9-22-11-14/h1-11,16H,(H2,21,24). The predicted molar refractivity (Wildman–Crippen MR) is 92.3 cm³/mol. The molecule has 2 heterocycles. The van der Waals surface area contributed by atoms with Crippen molar-refractivity contribution in [3.63, 3.8) is 0 Å². The van der Waals surface area contributed by atoms with Crippen LogP contribution in [0, 0.1) is 5.82 Å². The Kier molecular flexibility index (Phi) is 5.36. The number of hydrogen-bond acceptors (Lipinski definition) is 6. The molecule has 27 heavy (non-hydrogen) atoms. The average Bonchev–Trinajstić information content (AvgIpc) is 2.68. The van der Waals surface area contributed by atoms with Crippen molar-refractivity contribution in [1.82, 2.24) is 9.97 Å². The minimum atomic E-state index is -1.38. The van der Waals surface area contributed by atoms with Gasteiger partial charge in [0.25, 0.3) is 5.91 Å². The Morgan fingerprint density at radius 2 is 1.78 bits per heavy atom. The molecular formula is C19H14FN3O4. The molecule has 1 unspecified atom stereocenters. The smallest absolute Gasteiger partial charge is 0.344 e. The number of rotatable bonds is 6. The molecule has 0 saturated heterocycles. The maximum absolute atomic E-state index is 13.1. The Balaban J connectivity index is 1.84. The topological polar surface area (TPSA) is 104 Å². The highest BCUT2D eigenvalue weighted by Gasteiger charge is 2.25.